The third kappa shape index (κ3) is 3.99. The van der Waals surface area contributed by atoms with Gasteiger partial charge in [-0.1, -0.05) is 18.2 Å². The summed E-state index contributed by atoms with van der Waals surface area (Å²) in [6.45, 7) is 0.663. The maximum Gasteiger partial charge on any atom is 0.224 e. The summed E-state index contributed by atoms with van der Waals surface area (Å²) >= 11 is 0. The molecule has 1 unspecified atom stereocenters. The van der Waals surface area contributed by atoms with Crippen molar-refractivity contribution in [1.29, 1.82) is 0 Å². The number of β-amino-alcohol motifs (C(OH)–C–C–N with tert-alkyl or cyclic N) is 2. The average Bonchev–Trinajstić information content (AvgIpc) is 3.20. The lowest BCUT2D eigenvalue weighted by Crippen LogP contribution is -2.49. The predicted octanol–water partition coefficient (Wildman–Crippen LogP) is 1.76. The van der Waals surface area contributed by atoms with E-state index in [1.165, 1.54) is 18.2 Å². The molecular weight excluding hydrogens is 434 g/mol. The van der Waals surface area contributed by atoms with Crippen molar-refractivity contribution in [1.82, 2.24) is 4.90 Å². The third-order valence-corrected chi connectivity index (χ3v) is 7.05. The Morgan fingerprint density at radius 2 is 2.00 bits per heavy atom. The average molecular weight is 460 g/mol. The van der Waals surface area contributed by atoms with Gasteiger partial charge in [-0.05, 0) is 42.2 Å². The highest BCUT2D eigenvalue weighted by Crippen LogP contribution is 2.44. The molecule has 2 aromatic carbocycles. The molecule has 1 saturated carbocycles. The molecule has 0 radical (unpaired) electrons. The number of nitrogens with zero attached hydrogens (tertiary/aromatic N) is 1. The van der Waals surface area contributed by atoms with Crippen LogP contribution in [0.1, 0.15) is 30.1 Å². The molecule has 2 aromatic rings. The molecule has 176 valence electrons. The summed E-state index contributed by atoms with van der Waals surface area (Å²) in [7, 11) is 0. The van der Waals surface area contributed by atoms with Gasteiger partial charge in [-0.25, -0.2) is 8.78 Å². The topological polar surface area (TPSA) is 102 Å². The van der Waals surface area contributed by atoms with E-state index in [0.29, 0.717) is 30.5 Å². The van der Waals surface area contributed by atoms with Crippen molar-refractivity contribution in [2.45, 2.75) is 43.2 Å². The van der Waals surface area contributed by atoms with Crippen molar-refractivity contribution < 1.29 is 33.6 Å². The largest absolute Gasteiger partial charge is 0.485 e. The second kappa shape index (κ2) is 8.32. The number of para-hydroxylation sites is 1. The maximum atomic E-state index is 14.5. The molecule has 5 atom stereocenters. The number of aliphatic hydroxyl groups is 3. The Morgan fingerprint density at radius 1 is 1.21 bits per heavy atom. The molecule has 1 amide bonds. The van der Waals surface area contributed by atoms with Crippen LogP contribution in [0.15, 0.2) is 36.4 Å². The minimum absolute atomic E-state index is 0.0306. The molecule has 0 spiro atoms. The van der Waals surface area contributed by atoms with Gasteiger partial charge in [-0.15, -0.1) is 0 Å². The number of hydrogen-bond acceptors (Lipinski definition) is 6. The Kier molecular flexibility index (Phi) is 5.60. The number of halogens is 2. The van der Waals surface area contributed by atoms with Crippen LogP contribution in [0.3, 0.4) is 0 Å². The summed E-state index contributed by atoms with van der Waals surface area (Å²) in [5.74, 6) is -1.64. The molecule has 1 saturated heterocycles. The number of benzene rings is 2. The van der Waals surface area contributed by atoms with Crippen molar-refractivity contribution in [3.63, 3.8) is 0 Å². The first-order valence-electron chi connectivity index (χ1n) is 11.1. The molecule has 0 bridgehead atoms. The van der Waals surface area contributed by atoms with Crippen LogP contribution in [0, 0.1) is 17.6 Å². The summed E-state index contributed by atoms with van der Waals surface area (Å²) in [5, 5.41) is 35.2. The molecule has 0 aromatic heterocycles. The minimum atomic E-state index is -1.44. The number of fused-ring (bicyclic) bond motifs is 2. The van der Waals surface area contributed by atoms with Crippen LogP contribution in [0.2, 0.25) is 0 Å². The van der Waals surface area contributed by atoms with Gasteiger partial charge >= 0.3 is 0 Å². The number of carbonyl (C=O) groups excluding carboxylic acids is 1. The Labute approximate surface area is 189 Å². The first kappa shape index (κ1) is 22.2. The zero-order valence-electron chi connectivity index (χ0n) is 17.9. The monoisotopic (exact) mass is 460 g/mol. The zero-order valence-corrected chi connectivity index (χ0v) is 17.9. The lowest BCUT2D eigenvalue weighted by Gasteiger charge is -2.29. The highest BCUT2D eigenvalue weighted by Gasteiger charge is 2.59. The number of likely N-dealkylation sites (tertiary alicyclic amines) is 1. The maximum absolute atomic E-state index is 14.5. The van der Waals surface area contributed by atoms with E-state index in [1.54, 1.807) is 18.2 Å². The second-order valence-electron chi connectivity index (χ2n) is 9.25. The summed E-state index contributed by atoms with van der Waals surface area (Å²) < 4.78 is 34.1. The fraction of sp³-hybridized carbons (Fsp3) is 0.458. The van der Waals surface area contributed by atoms with Crippen molar-refractivity contribution in [3.05, 3.63) is 59.2 Å². The molecule has 2 heterocycles. The highest BCUT2D eigenvalue weighted by molar-refractivity contribution is 5.94. The molecular formula is C24H26F2N2O5. The lowest BCUT2D eigenvalue weighted by molar-refractivity contribution is -0.116. The normalized spacial score (nSPS) is 30.0. The minimum Gasteiger partial charge on any atom is -0.485 e. The molecule has 1 aliphatic carbocycles. The van der Waals surface area contributed by atoms with Crippen molar-refractivity contribution in [3.8, 4) is 5.75 Å². The molecule has 3 aliphatic rings. The van der Waals surface area contributed by atoms with Gasteiger partial charge in [-0.3, -0.25) is 9.69 Å². The van der Waals surface area contributed by atoms with Gasteiger partial charge in [0.2, 0.25) is 5.91 Å². The van der Waals surface area contributed by atoms with Gasteiger partial charge in [0.15, 0.2) is 11.6 Å². The molecule has 2 aliphatic heterocycles. The van der Waals surface area contributed by atoms with Gasteiger partial charge in [-0.2, -0.15) is 0 Å². The van der Waals surface area contributed by atoms with Crippen LogP contribution in [0.4, 0.5) is 14.5 Å². The van der Waals surface area contributed by atoms with Crippen LogP contribution in [-0.2, 0) is 11.2 Å². The Bertz CT molecular complexity index is 1080. The van der Waals surface area contributed by atoms with Crippen LogP contribution in [-0.4, -0.2) is 63.6 Å². The van der Waals surface area contributed by atoms with Crippen LogP contribution < -0.4 is 10.1 Å². The van der Waals surface area contributed by atoms with Gasteiger partial charge in [0.25, 0.3) is 0 Å². The smallest absolute Gasteiger partial charge is 0.224 e. The zero-order chi connectivity index (χ0) is 23.3. The standard InChI is InChI=1S/C24H26F2N2O5/c25-16-3-1-2-4-19(16)33-20-9-15-10-28(12-24(15,32)23(20)31)11-18(29)14-7-13-5-6-21(30)27-22(13)17(26)8-14/h1-4,7-8,15,18,20,23,29,31-32H,5-6,9-12H2,(H,27,30)/t15-,18?,20+,23+,24-/m1/s1. The number of aliphatic hydroxyl groups excluding tert-OH is 2. The summed E-state index contributed by atoms with van der Waals surface area (Å²) in [6, 6.07) is 8.84. The molecule has 4 N–H and O–H groups in total. The van der Waals surface area contributed by atoms with E-state index in [4.69, 9.17) is 4.74 Å². The van der Waals surface area contributed by atoms with Gasteiger partial charge in [0, 0.05) is 32.0 Å². The molecule has 33 heavy (non-hydrogen) atoms. The van der Waals surface area contributed by atoms with E-state index in [1.807, 2.05) is 4.90 Å². The third-order valence-electron chi connectivity index (χ3n) is 7.05. The fourth-order valence-electron chi connectivity index (χ4n) is 5.34. The predicted molar refractivity (Wildman–Crippen MR) is 115 cm³/mol. The number of ether oxygens (including phenoxy) is 1. The summed E-state index contributed by atoms with van der Waals surface area (Å²) in [6.07, 6.45) is -1.96. The van der Waals surface area contributed by atoms with Crippen LogP contribution in [0.5, 0.6) is 5.75 Å². The fourth-order valence-corrected chi connectivity index (χ4v) is 5.34. The van der Waals surface area contributed by atoms with E-state index < -0.39 is 35.5 Å². The molecule has 7 nitrogen and oxygen atoms in total. The van der Waals surface area contributed by atoms with Crippen molar-refractivity contribution in [2.75, 3.05) is 25.0 Å². The number of nitrogens with one attached hydrogen (secondary N) is 1. The first-order chi connectivity index (χ1) is 15.7. The van der Waals surface area contributed by atoms with Gasteiger partial charge < -0.3 is 25.4 Å². The Morgan fingerprint density at radius 3 is 2.76 bits per heavy atom. The van der Waals surface area contributed by atoms with Gasteiger partial charge in [0.1, 0.15) is 23.6 Å². The molecule has 2 fully saturated rings. The number of aryl methyl sites for hydroxylation is 1. The molecule has 5 rings (SSSR count). The Hall–Kier alpha value is -2.59. The van der Waals surface area contributed by atoms with Crippen molar-refractivity contribution in [2.24, 2.45) is 5.92 Å². The van der Waals surface area contributed by atoms with E-state index in [-0.39, 0.29) is 42.8 Å². The second-order valence-corrected chi connectivity index (χ2v) is 9.25. The van der Waals surface area contributed by atoms with Crippen molar-refractivity contribution >= 4 is 11.6 Å². The van der Waals surface area contributed by atoms with E-state index >= 15 is 0 Å². The number of amides is 1. The quantitative estimate of drug-likeness (QED) is 0.543. The summed E-state index contributed by atoms with van der Waals surface area (Å²) in [4.78, 5) is 13.3. The van der Waals surface area contributed by atoms with Crippen LogP contribution >= 0.6 is 0 Å². The number of anilines is 1. The highest BCUT2D eigenvalue weighted by atomic mass is 19.1. The molecule has 9 heteroatoms. The number of carbonyl (C=O) groups is 1. The van der Waals surface area contributed by atoms with Gasteiger partial charge in [0.05, 0.1) is 11.8 Å². The lowest BCUT2D eigenvalue weighted by atomic mass is 9.93. The first-order valence-corrected chi connectivity index (χ1v) is 11.1. The van der Waals surface area contributed by atoms with E-state index in [0.717, 1.165) is 0 Å². The number of hydrogen-bond donors (Lipinski definition) is 4. The SMILES string of the molecule is O=C1CCc2cc(C(O)CN3C[C@H]4C[C@H](Oc5ccccc5F)[C@H](O)[C@@]4(O)C3)cc(F)c2N1. The summed E-state index contributed by atoms with van der Waals surface area (Å²) in [5.41, 5.74) is -0.241. The van der Waals surface area contributed by atoms with E-state index in [2.05, 4.69) is 5.32 Å². The van der Waals surface area contributed by atoms with E-state index in [9.17, 15) is 28.9 Å². The number of rotatable bonds is 5. The van der Waals surface area contributed by atoms with Crippen LogP contribution in [0.25, 0.3) is 0 Å². The Balaban J connectivity index is 1.24.